The topological polar surface area (TPSA) is 105 Å². The third-order valence-corrected chi connectivity index (χ3v) is 6.39. The minimum Gasteiger partial charge on any atom is -0.365 e. The highest BCUT2D eigenvalue weighted by Gasteiger charge is 2.17. The number of aryl methyl sites for hydroxylation is 1. The lowest BCUT2D eigenvalue weighted by Crippen LogP contribution is -2.35. The number of H-pyrrole nitrogens is 1. The van der Waals surface area contributed by atoms with Crippen molar-refractivity contribution >= 4 is 22.6 Å². The Bertz CT molecular complexity index is 1520. The van der Waals surface area contributed by atoms with Crippen molar-refractivity contribution in [3.63, 3.8) is 0 Å². The van der Waals surface area contributed by atoms with Gasteiger partial charge in [-0.05, 0) is 30.2 Å². The summed E-state index contributed by atoms with van der Waals surface area (Å²) in [6.07, 6.45) is 5.20. The van der Waals surface area contributed by atoms with Crippen molar-refractivity contribution < 1.29 is 4.79 Å². The van der Waals surface area contributed by atoms with Gasteiger partial charge in [-0.1, -0.05) is 60.7 Å². The van der Waals surface area contributed by atoms with Gasteiger partial charge in [0.1, 0.15) is 6.54 Å². The average Bonchev–Trinajstić information content (AvgIpc) is 3.40. The fourth-order valence-electron chi connectivity index (χ4n) is 4.37. The number of nitrogens with one attached hydrogen (secondary N) is 3. The molecule has 1 amide bonds. The number of hydrogen-bond donors (Lipinski definition) is 3. The number of carbonyl (C=O) groups excluding carboxylic acids is 1. The number of aromatic amines is 1. The summed E-state index contributed by atoms with van der Waals surface area (Å²) in [5, 5.41) is 7.12. The Hall–Kier alpha value is -4.72. The van der Waals surface area contributed by atoms with Crippen LogP contribution in [0.1, 0.15) is 28.4 Å². The van der Waals surface area contributed by atoms with Crippen molar-refractivity contribution in [1.82, 2.24) is 24.8 Å². The van der Waals surface area contributed by atoms with Crippen molar-refractivity contribution in [2.24, 2.45) is 0 Å². The van der Waals surface area contributed by atoms with Crippen molar-refractivity contribution in [2.45, 2.75) is 25.9 Å². The second-order valence-corrected chi connectivity index (χ2v) is 8.91. The van der Waals surface area contributed by atoms with E-state index in [0.29, 0.717) is 12.2 Å². The quantitative estimate of drug-likeness (QED) is 0.289. The molecule has 0 saturated carbocycles. The molecule has 0 bridgehead atoms. The number of benzene rings is 2. The van der Waals surface area contributed by atoms with E-state index in [-0.39, 0.29) is 36.3 Å². The molecule has 5 aromatic rings. The van der Waals surface area contributed by atoms with E-state index in [2.05, 4.69) is 49.9 Å². The van der Waals surface area contributed by atoms with Gasteiger partial charge in [-0.15, -0.1) is 0 Å². The standard InChI is InChI=1S/C29H28N6O2/c1-20-15-33-28(34-17-25(21-8-4-2-5-9-21)22-10-6-3-7-11-22)29(37)35(20)19-27(36)32-16-24-14-23-12-13-30-26(23)18-31-24/h2-15,18,25,30H,16-17,19H2,1H3,(H,32,36)(H,33,34). The molecular formula is C29H28N6O2. The highest BCUT2D eigenvalue weighted by Crippen LogP contribution is 2.24. The molecule has 8 nitrogen and oxygen atoms in total. The molecule has 0 aliphatic heterocycles. The molecule has 0 radical (unpaired) electrons. The van der Waals surface area contributed by atoms with Crippen LogP contribution in [-0.4, -0.2) is 32.0 Å². The molecule has 37 heavy (non-hydrogen) atoms. The van der Waals surface area contributed by atoms with Gasteiger partial charge in [-0.25, -0.2) is 4.98 Å². The molecule has 0 saturated heterocycles. The average molecular weight is 493 g/mol. The first-order chi connectivity index (χ1) is 18.1. The Morgan fingerprint density at radius 2 is 1.68 bits per heavy atom. The van der Waals surface area contributed by atoms with Gasteiger partial charge in [0.25, 0.3) is 5.56 Å². The normalized spacial score (nSPS) is 11.1. The van der Waals surface area contributed by atoms with E-state index in [1.165, 1.54) is 4.57 Å². The summed E-state index contributed by atoms with van der Waals surface area (Å²) in [7, 11) is 0. The van der Waals surface area contributed by atoms with Crippen molar-refractivity contribution in [1.29, 1.82) is 0 Å². The molecule has 5 rings (SSSR count). The minimum atomic E-state index is -0.332. The lowest BCUT2D eigenvalue weighted by molar-refractivity contribution is -0.121. The molecule has 186 valence electrons. The second kappa shape index (κ2) is 10.9. The van der Waals surface area contributed by atoms with Gasteiger partial charge in [-0.2, -0.15) is 0 Å². The smallest absolute Gasteiger partial charge is 0.293 e. The minimum absolute atomic E-state index is 0.0338. The number of nitrogens with zero attached hydrogens (tertiary/aromatic N) is 3. The van der Waals surface area contributed by atoms with Gasteiger partial charge in [0, 0.05) is 35.9 Å². The predicted octanol–water partition coefficient (Wildman–Crippen LogP) is 3.99. The molecule has 0 unspecified atom stereocenters. The number of carbonyl (C=O) groups is 1. The van der Waals surface area contributed by atoms with Crippen LogP contribution in [0, 0.1) is 6.92 Å². The van der Waals surface area contributed by atoms with E-state index >= 15 is 0 Å². The van der Waals surface area contributed by atoms with Gasteiger partial charge >= 0.3 is 0 Å². The number of fused-ring (bicyclic) bond motifs is 1. The molecular weight excluding hydrogens is 464 g/mol. The van der Waals surface area contributed by atoms with Gasteiger partial charge in [-0.3, -0.25) is 19.1 Å². The number of amides is 1. The van der Waals surface area contributed by atoms with Crippen LogP contribution in [-0.2, 0) is 17.9 Å². The zero-order valence-electron chi connectivity index (χ0n) is 20.5. The molecule has 3 heterocycles. The summed E-state index contributed by atoms with van der Waals surface area (Å²) in [6.45, 7) is 2.43. The van der Waals surface area contributed by atoms with Crippen LogP contribution in [0.2, 0.25) is 0 Å². The van der Waals surface area contributed by atoms with Gasteiger partial charge in [0.05, 0.1) is 24.0 Å². The maximum atomic E-state index is 13.2. The van der Waals surface area contributed by atoms with Crippen molar-refractivity contribution in [2.75, 3.05) is 11.9 Å². The zero-order valence-corrected chi connectivity index (χ0v) is 20.5. The molecule has 2 aromatic carbocycles. The van der Waals surface area contributed by atoms with Crippen LogP contribution in [0.25, 0.3) is 10.9 Å². The molecule has 8 heteroatoms. The van der Waals surface area contributed by atoms with Crippen molar-refractivity contribution in [3.8, 4) is 0 Å². The SMILES string of the molecule is Cc1cnc(NCC(c2ccccc2)c2ccccc2)c(=O)n1CC(=O)NCc1cc2cc[nH]c2cn1. The Kier molecular flexibility index (Phi) is 7.07. The first-order valence-corrected chi connectivity index (χ1v) is 12.2. The number of hydrogen-bond acceptors (Lipinski definition) is 5. The monoisotopic (exact) mass is 492 g/mol. The predicted molar refractivity (Wildman–Crippen MR) is 144 cm³/mol. The summed E-state index contributed by atoms with van der Waals surface area (Å²) in [5.41, 5.74) is 4.24. The summed E-state index contributed by atoms with van der Waals surface area (Å²) in [4.78, 5) is 37.7. The number of rotatable bonds is 9. The summed E-state index contributed by atoms with van der Waals surface area (Å²) >= 11 is 0. The Morgan fingerprint density at radius 1 is 0.973 bits per heavy atom. The Morgan fingerprint density at radius 3 is 2.38 bits per heavy atom. The van der Waals surface area contributed by atoms with Gasteiger partial charge in [0.2, 0.25) is 5.91 Å². The van der Waals surface area contributed by atoms with E-state index in [1.807, 2.05) is 54.7 Å². The highest BCUT2D eigenvalue weighted by molar-refractivity contribution is 5.79. The van der Waals surface area contributed by atoms with Gasteiger partial charge in [0.15, 0.2) is 5.82 Å². The molecule has 3 N–H and O–H groups in total. The fraction of sp³-hybridized carbons (Fsp3) is 0.172. The maximum absolute atomic E-state index is 13.2. The lowest BCUT2D eigenvalue weighted by Gasteiger charge is -2.19. The molecule has 0 aliphatic rings. The Balaban J connectivity index is 1.28. The zero-order chi connectivity index (χ0) is 25.6. The van der Waals surface area contributed by atoms with E-state index in [9.17, 15) is 9.59 Å². The third-order valence-electron chi connectivity index (χ3n) is 6.39. The first kappa shape index (κ1) is 24.0. The summed E-state index contributed by atoms with van der Waals surface area (Å²) in [5.74, 6) is -0.0221. The number of anilines is 1. The molecule has 0 spiro atoms. The van der Waals surface area contributed by atoms with Crippen LogP contribution >= 0.6 is 0 Å². The molecule has 3 aromatic heterocycles. The van der Waals surface area contributed by atoms with E-state index in [0.717, 1.165) is 27.7 Å². The molecule has 0 atom stereocenters. The van der Waals surface area contributed by atoms with E-state index < -0.39 is 0 Å². The largest absolute Gasteiger partial charge is 0.365 e. The number of aromatic nitrogens is 4. The summed E-state index contributed by atoms with van der Waals surface area (Å²) < 4.78 is 1.44. The third kappa shape index (κ3) is 5.59. The fourth-order valence-corrected chi connectivity index (χ4v) is 4.37. The van der Waals surface area contributed by atoms with E-state index in [1.54, 1.807) is 19.3 Å². The number of pyridine rings is 1. The maximum Gasteiger partial charge on any atom is 0.293 e. The van der Waals surface area contributed by atoms with Crippen LogP contribution in [0.5, 0.6) is 0 Å². The summed E-state index contributed by atoms with van der Waals surface area (Å²) in [6, 6.07) is 24.2. The van der Waals surface area contributed by atoms with Crippen molar-refractivity contribution in [3.05, 3.63) is 124 Å². The van der Waals surface area contributed by atoms with Crippen LogP contribution in [0.3, 0.4) is 0 Å². The first-order valence-electron chi connectivity index (χ1n) is 12.2. The van der Waals surface area contributed by atoms with E-state index in [4.69, 9.17) is 0 Å². The van der Waals surface area contributed by atoms with Crippen LogP contribution in [0.4, 0.5) is 5.82 Å². The highest BCUT2D eigenvalue weighted by atomic mass is 16.2. The van der Waals surface area contributed by atoms with Crippen LogP contribution in [0.15, 0.2) is 96.2 Å². The second-order valence-electron chi connectivity index (χ2n) is 8.91. The Labute approximate surface area is 214 Å². The van der Waals surface area contributed by atoms with Gasteiger partial charge < -0.3 is 15.6 Å². The lowest BCUT2D eigenvalue weighted by atomic mass is 9.91. The molecule has 0 aliphatic carbocycles. The van der Waals surface area contributed by atoms with Crippen LogP contribution < -0.4 is 16.2 Å². The molecule has 0 fully saturated rings.